The van der Waals surface area contributed by atoms with Gasteiger partial charge in [0.15, 0.2) is 17.4 Å². The van der Waals surface area contributed by atoms with Gasteiger partial charge in [0, 0.05) is 24.4 Å². The maximum atomic E-state index is 14.5. The predicted octanol–water partition coefficient (Wildman–Crippen LogP) is 9.82. The zero-order valence-electron chi connectivity index (χ0n) is 22.8. The van der Waals surface area contributed by atoms with Crippen molar-refractivity contribution in [1.82, 2.24) is 9.97 Å². The van der Waals surface area contributed by atoms with E-state index in [2.05, 4.69) is 23.8 Å². The number of unbranched alkanes of at least 4 members (excludes halogenated alkanes) is 12. The Bertz CT molecular complexity index is 813. The summed E-state index contributed by atoms with van der Waals surface area (Å²) in [6, 6.07) is 4.73. The molecule has 0 saturated heterocycles. The summed E-state index contributed by atoms with van der Waals surface area (Å²) in [6.45, 7) is 4.54. The Hall–Kier alpha value is -2.04. The number of aryl methyl sites for hydroxylation is 1. The highest BCUT2D eigenvalue weighted by atomic mass is 19.1. The summed E-state index contributed by atoms with van der Waals surface area (Å²) in [7, 11) is 0. The zero-order valence-corrected chi connectivity index (χ0v) is 22.8. The normalized spacial score (nSPS) is 12.1. The Morgan fingerprint density at radius 1 is 0.750 bits per heavy atom. The van der Waals surface area contributed by atoms with Crippen molar-refractivity contribution in [2.75, 3.05) is 6.61 Å². The lowest BCUT2D eigenvalue weighted by Gasteiger charge is -2.11. The SMILES string of the molecule is CCCCCCCCCCCCCc1cnc(-c2ccc(OCCC(F)CCCCC)c(F)c2)nc1. The molecule has 2 aromatic rings. The molecule has 0 bridgehead atoms. The number of nitrogens with zero attached hydrogens (tertiary/aromatic N) is 2. The molecule has 1 atom stereocenters. The average Bonchev–Trinajstić information content (AvgIpc) is 2.89. The van der Waals surface area contributed by atoms with Crippen LogP contribution >= 0.6 is 0 Å². The van der Waals surface area contributed by atoms with E-state index in [0.717, 1.165) is 37.7 Å². The summed E-state index contributed by atoms with van der Waals surface area (Å²) in [5.41, 5.74) is 1.74. The van der Waals surface area contributed by atoms with Gasteiger partial charge in [0.05, 0.1) is 6.61 Å². The molecule has 0 saturated carbocycles. The smallest absolute Gasteiger partial charge is 0.165 e. The third-order valence-electron chi connectivity index (χ3n) is 6.77. The molecule has 0 radical (unpaired) electrons. The number of hydrogen-bond acceptors (Lipinski definition) is 3. The maximum Gasteiger partial charge on any atom is 0.165 e. The van der Waals surface area contributed by atoms with Gasteiger partial charge in [0.2, 0.25) is 0 Å². The number of halogens is 2. The molecule has 1 aromatic heterocycles. The first kappa shape index (κ1) is 30.2. The topological polar surface area (TPSA) is 35.0 Å². The van der Waals surface area contributed by atoms with Gasteiger partial charge in [-0.25, -0.2) is 18.7 Å². The standard InChI is InChI=1S/C31H48F2N2O/c1-3-5-7-8-9-10-11-12-13-14-16-17-26-24-34-31(35-25-26)27-19-20-30(29(33)23-27)36-22-21-28(32)18-15-6-4-2/h19-20,23-25,28H,3-18,21-22H2,1-2H3. The van der Waals surface area contributed by atoms with Gasteiger partial charge in [-0.3, -0.25) is 0 Å². The molecule has 0 amide bonds. The molecule has 1 unspecified atom stereocenters. The Morgan fingerprint density at radius 2 is 1.33 bits per heavy atom. The van der Waals surface area contributed by atoms with Gasteiger partial charge in [0.25, 0.3) is 0 Å². The molecular formula is C31H48F2N2O. The van der Waals surface area contributed by atoms with E-state index < -0.39 is 12.0 Å². The first-order chi connectivity index (χ1) is 17.6. The van der Waals surface area contributed by atoms with Crippen LogP contribution in [0.5, 0.6) is 5.75 Å². The van der Waals surface area contributed by atoms with E-state index in [0.29, 0.717) is 17.8 Å². The molecule has 0 aliphatic rings. The maximum absolute atomic E-state index is 14.5. The van der Waals surface area contributed by atoms with Crippen LogP contribution in [0.3, 0.4) is 0 Å². The fourth-order valence-electron chi connectivity index (χ4n) is 4.44. The first-order valence-electron chi connectivity index (χ1n) is 14.5. The van der Waals surface area contributed by atoms with Crippen LogP contribution in [0.2, 0.25) is 0 Å². The highest BCUT2D eigenvalue weighted by Crippen LogP contribution is 2.24. The minimum absolute atomic E-state index is 0.146. The number of ether oxygens (including phenoxy) is 1. The summed E-state index contributed by atoms with van der Waals surface area (Å²) >= 11 is 0. The van der Waals surface area contributed by atoms with E-state index in [1.165, 1.54) is 70.3 Å². The molecular weight excluding hydrogens is 454 g/mol. The molecule has 0 spiro atoms. The zero-order chi connectivity index (χ0) is 25.8. The summed E-state index contributed by atoms with van der Waals surface area (Å²) in [6.07, 6.45) is 22.3. The van der Waals surface area contributed by atoms with E-state index in [1.54, 1.807) is 12.1 Å². The van der Waals surface area contributed by atoms with Crippen molar-refractivity contribution >= 4 is 0 Å². The Kier molecular flexibility index (Phi) is 16.0. The Balaban J connectivity index is 1.64. The lowest BCUT2D eigenvalue weighted by atomic mass is 10.0. The second-order valence-electron chi connectivity index (χ2n) is 10.1. The van der Waals surface area contributed by atoms with Gasteiger partial charge in [0.1, 0.15) is 6.17 Å². The van der Waals surface area contributed by atoms with Crippen LogP contribution in [0.4, 0.5) is 8.78 Å². The van der Waals surface area contributed by atoms with Crippen molar-refractivity contribution in [1.29, 1.82) is 0 Å². The summed E-state index contributed by atoms with van der Waals surface area (Å²) in [5.74, 6) is 0.179. The van der Waals surface area contributed by atoms with Gasteiger partial charge < -0.3 is 4.74 Å². The molecule has 0 fully saturated rings. The number of benzene rings is 1. The third kappa shape index (κ3) is 12.8. The number of aromatic nitrogens is 2. The van der Waals surface area contributed by atoms with Gasteiger partial charge in [-0.15, -0.1) is 0 Å². The number of rotatable bonds is 21. The number of hydrogen-bond donors (Lipinski definition) is 0. The second-order valence-corrected chi connectivity index (χ2v) is 10.1. The molecule has 2 rings (SSSR count). The van der Waals surface area contributed by atoms with E-state index >= 15 is 0 Å². The molecule has 202 valence electrons. The Labute approximate surface area is 218 Å². The van der Waals surface area contributed by atoms with Crippen LogP contribution in [0.25, 0.3) is 11.4 Å². The van der Waals surface area contributed by atoms with Crippen molar-refractivity contribution in [2.45, 2.75) is 129 Å². The molecule has 5 heteroatoms. The molecule has 36 heavy (non-hydrogen) atoms. The largest absolute Gasteiger partial charge is 0.490 e. The van der Waals surface area contributed by atoms with Crippen LogP contribution in [-0.2, 0) is 6.42 Å². The average molecular weight is 503 g/mol. The fraction of sp³-hybridized carbons (Fsp3) is 0.677. The first-order valence-corrected chi connectivity index (χ1v) is 14.5. The summed E-state index contributed by atoms with van der Waals surface area (Å²) in [5, 5.41) is 0. The minimum atomic E-state index is -0.893. The molecule has 0 aliphatic carbocycles. The molecule has 0 N–H and O–H groups in total. The second kappa shape index (κ2) is 19.1. The van der Waals surface area contributed by atoms with E-state index in [4.69, 9.17) is 4.74 Å². The molecule has 1 heterocycles. The van der Waals surface area contributed by atoms with Crippen LogP contribution in [0, 0.1) is 5.82 Å². The predicted molar refractivity (Wildman–Crippen MR) is 147 cm³/mol. The van der Waals surface area contributed by atoms with Crippen molar-refractivity contribution < 1.29 is 13.5 Å². The van der Waals surface area contributed by atoms with Gasteiger partial charge in [-0.05, 0) is 43.0 Å². The van der Waals surface area contributed by atoms with Crippen LogP contribution < -0.4 is 4.74 Å². The highest BCUT2D eigenvalue weighted by molar-refractivity contribution is 5.56. The van der Waals surface area contributed by atoms with Crippen molar-refractivity contribution in [2.24, 2.45) is 0 Å². The van der Waals surface area contributed by atoms with Gasteiger partial charge in [-0.2, -0.15) is 0 Å². The third-order valence-corrected chi connectivity index (χ3v) is 6.77. The van der Waals surface area contributed by atoms with E-state index in [1.807, 2.05) is 12.4 Å². The van der Waals surface area contributed by atoms with Crippen LogP contribution in [0.1, 0.15) is 122 Å². The van der Waals surface area contributed by atoms with Crippen molar-refractivity contribution in [3.8, 4) is 17.1 Å². The van der Waals surface area contributed by atoms with Gasteiger partial charge >= 0.3 is 0 Å². The molecule has 1 aromatic carbocycles. The number of alkyl halides is 1. The molecule has 3 nitrogen and oxygen atoms in total. The van der Waals surface area contributed by atoms with Crippen LogP contribution in [0.15, 0.2) is 30.6 Å². The Morgan fingerprint density at radius 3 is 1.94 bits per heavy atom. The monoisotopic (exact) mass is 502 g/mol. The van der Waals surface area contributed by atoms with Crippen molar-refractivity contribution in [3.05, 3.63) is 42.0 Å². The van der Waals surface area contributed by atoms with E-state index in [9.17, 15) is 8.78 Å². The summed E-state index contributed by atoms with van der Waals surface area (Å²) < 4.78 is 33.8. The van der Waals surface area contributed by atoms with Crippen LogP contribution in [-0.4, -0.2) is 22.7 Å². The fourth-order valence-corrected chi connectivity index (χ4v) is 4.44. The van der Waals surface area contributed by atoms with Crippen molar-refractivity contribution in [3.63, 3.8) is 0 Å². The van der Waals surface area contributed by atoms with Gasteiger partial charge in [-0.1, -0.05) is 97.3 Å². The minimum Gasteiger partial charge on any atom is -0.490 e. The quantitative estimate of drug-likeness (QED) is 0.159. The van der Waals surface area contributed by atoms with E-state index in [-0.39, 0.29) is 18.8 Å². The lowest BCUT2D eigenvalue weighted by molar-refractivity contribution is 0.218. The summed E-state index contributed by atoms with van der Waals surface area (Å²) in [4.78, 5) is 8.88. The highest BCUT2D eigenvalue weighted by Gasteiger charge is 2.11. The lowest BCUT2D eigenvalue weighted by Crippen LogP contribution is -2.08. The molecule has 0 aliphatic heterocycles.